The fraction of sp³-hybridized carbons (Fsp3) is 0.108. The number of thiocarbonyl (C=S) groups is 1. The number of benzene rings is 5. The van der Waals surface area contributed by atoms with Crippen molar-refractivity contribution in [1.29, 1.82) is 0 Å². The zero-order chi connectivity index (χ0) is 42.9. The van der Waals surface area contributed by atoms with Crippen molar-refractivity contribution in [2.75, 3.05) is 17.7 Å². The first-order valence-corrected chi connectivity index (χ1v) is 21.6. The minimum atomic E-state index is -4.82. The second-order valence-electron chi connectivity index (χ2n) is 12.3. The van der Waals surface area contributed by atoms with E-state index >= 15 is 0 Å². The van der Waals surface area contributed by atoms with Crippen molar-refractivity contribution < 1.29 is 46.3 Å². The SMILES string of the molecule is CNC(=O)Nc1cccc(CSc2ccc(NC(=S)NNC(=O)C(Cc3ccc4ccccc4c3)C(=O)N/N=C/c3cc(O)c(O)c(Br)c3)cc2S(=O)[O-])c1S(=O)(=O)O. The molecule has 0 radical (unpaired) electrons. The summed E-state index contributed by atoms with van der Waals surface area (Å²) in [6, 6.07) is 23.3. The molecule has 5 aromatic carbocycles. The maximum Gasteiger partial charge on any atom is 0.319 e. The van der Waals surface area contributed by atoms with E-state index < -0.39 is 55.6 Å². The number of urea groups is 1. The molecule has 0 spiro atoms. The Morgan fingerprint density at radius 2 is 1.69 bits per heavy atom. The van der Waals surface area contributed by atoms with Gasteiger partial charge in [-0.3, -0.25) is 29.2 Å². The van der Waals surface area contributed by atoms with E-state index in [0.717, 1.165) is 22.5 Å². The molecule has 59 heavy (non-hydrogen) atoms. The first kappa shape index (κ1) is 44.5. The number of phenols is 2. The number of aromatic hydroxyl groups is 2. The van der Waals surface area contributed by atoms with Crippen molar-refractivity contribution in [3.63, 3.8) is 0 Å². The standard InChI is InChI=1S/C37H34BrN7O10S4/c1-39-36(50)42-28-8-4-7-24(33(28)59(53,54)55)19-57-30-12-11-25(17-31(30)58(51)52)41-37(56)45-44-35(49)26(14-20-9-10-22-5-2-3-6-23(22)13-20)34(48)43-40-18-21-15-27(38)32(47)29(46)16-21/h2-13,15-18,26,46-47H,14,19H2,1H3,(H,43,48)(H,44,49)(H,51,52)(H2,39,42,50)(H2,41,45,56)(H,53,54,55)/p-1/b40-18+. The van der Waals surface area contributed by atoms with E-state index in [0.29, 0.717) is 11.1 Å². The first-order chi connectivity index (χ1) is 28.0. The lowest BCUT2D eigenvalue weighted by molar-refractivity contribution is -0.135. The Kier molecular flexibility index (Phi) is 15.0. The van der Waals surface area contributed by atoms with Gasteiger partial charge >= 0.3 is 6.03 Å². The number of anilines is 2. The molecule has 17 nitrogen and oxygen atoms in total. The van der Waals surface area contributed by atoms with Crippen LogP contribution < -0.4 is 32.2 Å². The molecule has 0 fully saturated rings. The predicted molar refractivity (Wildman–Crippen MR) is 229 cm³/mol. The van der Waals surface area contributed by atoms with E-state index in [1.165, 1.54) is 61.8 Å². The van der Waals surface area contributed by atoms with Crippen molar-refractivity contribution >= 4 is 112 Å². The highest BCUT2D eigenvalue weighted by atomic mass is 79.9. The van der Waals surface area contributed by atoms with Crippen molar-refractivity contribution in [1.82, 2.24) is 21.6 Å². The second kappa shape index (κ2) is 19.9. The third-order valence-electron chi connectivity index (χ3n) is 8.23. The number of hydrazine groups is 1. The number of nitrogens with zero attached hydrogens (tertiary/aromatic N) is 1. The number of hydrogen-bond donors (Lipinski definition) is 9. The summed E-state index contributed by atoms with van der Waals surface area (Å²) in [6.45, 7) is 0. The quantitative estimate of drug-likeness (QED) is 0.0112. The molecule has 0 aliphatic rings. The highest BCUT2D eigenvalue weighted by Gasteiger charge is 2.28. The third-order valence-corrected chi connectivity index (χ3v) is 12.0. The van der Waals surface area contributed by atoms with Crippen LogP contribution in [0.4, 0.5) is 16.2 Å². The minimum Gasteiger partial charge on any atom is -0.768 e. The maximum absolute atomic E-state index is 13.5. The summed E-state index contributed by atoms with van der Waals surface area (Å²) in [5.74, 6) is -3.86. The van der Waals surface area contributed by atoms with Crippen molar-refractivity contribution in [3.05, 3.63) is 112 Å². The fourth-order valence-electron chi connectivity index (χ4n) is 5.48. The van der Waals surface area contributed by atoms with E-state index in [1.807, 2.05) is 36.4 Å². The molecule has 0 bridgehead atoms. The highest BCUT2D eigenvalue weighted by Crippen LogP contribution is 2.35. The largest absolute Gasteiger partial charge is 0.768 e. The zero-order valence-electron chi connectivity index (χ0n) is 30.4. The van der Waals surface area contributed by atoms with E-state index in [-0.39, 0.29) is 54.2 Å². The monoisotopic (exact) mass is 942 g/mol. The van der Waals surface area contributed by atoms with Crippen LogP contribution in [0.5, 0.6) is 11.5 Å². The van der Waals surface area contributed by atoms with Gasteiger partial charge in [-0.2, -0.15) is 13.5 Å². The van der Waals surface area contributed by atoms with Crippen LogP contribution in [-0.2, 0) is 43.0 Å². The average Bonchev–Trinajstić information content (AvgIpc) is 3.19. The molecule has 9 N–H and O–H groups in total. The summed E-state index contributed by atoms with van der Waals surface area (Å²) in [5.41, 5.74) is 8.31. The summed E-state index contributed by atoms with van der Waals surface area (Å²) in [6.07, 6.45) is 1.16. The number of nitrogens with one attached hydrogen (secondary N) is 6. The van der Waals surface area contributed by atoms with Gasteiger partial charge in [0.2, 0.25) is 0 Å². The van der Waals surface area contributed by atoms with Gasteiger partial charge in [-0.05, 0) is 110 Å². The Morgan fingerprint density at radius 1 is 0.949 bits per heavy atom. The number of fused-ring (bicyclic) bond motifs is 1. The number of hydrogen-bond acceptors (Lipinski definition) is 12. The van der Waals surface area contributed by atoms with Gasteiger partial charge in [0.15, 0.2) is 16.6 Å². The van der Waals surface area contributed by atoms with Crippen molar-refractivity contribution in [2.24, 2.45) is 11.0 Å². The fourth-order valence-corrected chi connectivity index (χ4v) is 8.83. The number of hydrazone groups is 1. The van der Waals surface area contributed by atoms with Gasteiger partial charge in [-0.1, -0.05) is 54.6 Å². The number of carbonyl (C=O) groups is 3. The van der Waals surface area contributed by atoms with Crippen LogP contribution in [-0.4, -0.2) is 68.2 Å². The zero-order valence-corrected chi connectivity index (χ0v) is 35.2. The predicted octanol–water partition coefficient (Wildman–Crippen LogP) is 4.87. The molecule has 0 aromatic heterocycles. The van der Waals surface area contributed by atoms with Crippen molar-refractivity contribution in [3.8, 4) is 11.5 Å². The molecule has 0 saturated heterocycles. The van der Waals surface area contributed by atoms with Gasteiger partial charge in [-0.15, -0.1) is 11.8 Å². The Morgan fingerprint density at radius 3 is 2.39 bits per heavy atom. The Labute approximate surface area is 357 Å². The van der Waals surface area contributed by atoms with E-state index in [4.69, 9.17) is 12.2 Å². The van der Waals surface area contributed by atoms with E-state index in [1.54, 1.807) is 6.07 Å². The summed E-state index contributed by atoms with van der Waals surface area (Å²) >= 11 is 6.59. The number of carbonyl (C=O) groups excluding carboxylic acids is 3. The second-order valence-corrected chi connectivity index (χ2v) is 16.8. The molecule has 4 amide bonds. The van der Waals surface area contributed by atoms with Crippen LogP contribution >= 0.6 is 39.9 Å². The van der Waals surface area contributed by atoms with Crippen LogP contribution in [0.25, 0.3) is 10.8 Å². The smallest absolute Gasteiger partial charge is 0.319 e. The Hall–Kier alpha value is -5.62. The summed E-state index contributed by atoms with van der Waals surface area (Å²) in [7, 11) is -3.49. The molecule has 2 atom stereocenters. The highest BCUT2D eigenvalue weighted by molar-refractivity contribution is 9.10. The number of thioether (sulfide) groups is 1. The average molecular weight is 944 g/mol. The minimum absolute atomic E-state index is 0.0517. The maximum atomic E-state index is 13.5. The Balaban J connectivity index is 1.28. The molecule has 22 heteroatoms. The van der Waals surface area contributed by atoms with E-state index in [9.17, 15) is 46.3 Å². The molecule has 0 heterocycles. The number of rotatable bonds is 13. The summed E-state index contributed by atoms with van der Waals surface area (Å²) in [5, 5.41) is 32.6. The molecule has 308 valence electrons. The molecule has 2 unspecified atom stereocenters. The van der Waals surface area contributed by atoms with Crippen LogP contribution in [0.1, 0.15) is 16.7 Å². The molecule has 0 aliphatic heterocycles. The van der Waals surface area contributed by atoms with Crippen LogP contribution in [0, 0.1) is 5.92 Å². The normalized spacial score (nSPS) is 12.3. The molecule has 5 aromatic rings. The molecular formula is C37H33BrN7O10S4-. The summed E-state index contributed by atoms with van der Waals surface area (Å²) < 4.78 is 59.2. The van der Waals surface area contributed by atoms with Crippen LogP contribution in [0.2, 0.25) is 0 Å². The molecule has 0 aliphatic carbocycles. The lowest BCUT2D eigenvalue weighted by Crippen LogP contribution is -2.49. The van der Waals surface area contributed by atoms with Crippen LogP contribution in [0.15, 0.2) is 115 Å². The number of amides is 4. The summed E-state index contributed by atoms with van der Waals surface area (Å²) in [4.78, 5) is 38.3. The molecule has 5 rings (SSSR count). The third kappa shape index (κ3) is 12.0. The van der Waals surface area contributed by atoms with Crippen molar-refractivity contribution in [2.45, 2.75) is 26.9 Å². The Bertz CT molecular complexity index is 2590. The topological polar surface area (TPSA) is 271 Å². The first-order valence-electron chi connectivity index (χ1n) is 16.9. The van der Waals surface area contributed by atoms with Gasteiger partial charge < -0.3 is 30.7 Å². The number of phenolic OH excluding ortho intramolecular Hbond substituents is 2. The van der Waals surface area contributed by atoms with E-state index in [2.05, 4.69) is 53.3 Å². The van der Waals surface area contributed by atoms with Gasteiger partial charge in [0.1, 0.15) is 10.8 Å². The lowest BCUT2D eigenvalue weighted by atomic mass is 9.96. The van der Waals surface area contributed by atoms with Gasteiger partial charge in [0.05, 0.1) is 16.4 Å². The van der Waals surface area contributed by atoms with Gasteiger partial charge in [0, 0.05) is 28.3 Å². The molecule has 0 saturated carbocycles. The van der Waals surface area contributed by atoms with Gasteiger partial charge in [-0.25, -0.2) is 10.2 Å². The number of halogens is 1. The molecular weight excluding hydrogens is 911 g/mol. The lowest BCUT2D eigenvalue weighted by Gasteiger charge is -2.18. The van der Waals surface area contributed by atoms with Crippen LogP contribution in [0.3, 0.4) is 0 Å². The van der Waals surface area contributed by atoms with Gasteiger partial charge in [0.25, 0.3) is 21.9 Å².